The highest BCUT2D eigenvalue weighted by Crippen LogP contribution is 2.40. The molecule has 0 bridgehead atoms. The van der Waals surface area contributed by atoms with Crippen LogP contribution in [0.4, 0.5) is 10.1 Å². The van der Waals surface area contributed by atoms with Crippen LogP contribution in [-0.4, -0.2) is 19.0 Å². The van der Waals surface area contributed by atoms with Crippen LogP contribution in [0, 0.1) is 12.7 Å². The zero-order chi connectivity index (χ0) is 16.0. The summed E-state index contributed by atoms with van der Waals surface area (Å²) in [6.45, 7) is 2.01. The predicted octanol–water partition coefficient (Wildman–Crippen LogP) is 3.29. The van der Waals surface area contributed by atoms with Gasteiger partial charge in [-0.05, 0) is 36.2 Å². The van der Waals surface area contributed by atoms with Crippen molar-refractivity contribution in [2.45, 2.75) is 25.8 Å². The quantitative estimate of drug-likeness (QED) is 0.913. The van der Waals surface area contributed by atoms with Crippen LogP contribution in [0.2, 0.25) is 5.02 Å². The molecule has 22 heavy (non-hydrogen) atoms. The molecular formula is C16H16ClFN2OS. The molecule has 1 atom stereocenters. The van der Waals surface area contributed by atoms with Gasteiger partial charge in [-0.1, -0.05) is 11.6 Å². The SMILES string of the molecule is Cc1sc2c(c1Cc1cc(F)ccc1Cl)N(C)C(=O)[C@H](N)C2. The minimum absolute atomic E-state index is 0.0862. The highest BCUT2D eigenvalue weighted by Gasteiger charge is 2.32. The van der Waals surface area contributed by atoms with Gasteiger partial charge in [-0.15, -0.1) is 11.3 Å². The van der Waals surface area contributed by atoms with Crippen LogP contribution in [0.15, 0.2) is 18.2 Å². The van der Waals surface area contributed by atoms with E-state index in [-0.39, 0.29) is 11.7 Å². The molecule has 3 rings (SSSR count). The topological polar surface area (TPSA) is 46.3 Å². The summed E-state index contributed by atoms with van der Waals surface area (Å²) in [5, 5.41) is 0.530. The average Bonchev–Trinajstić information content (AvgIpc) is 2.76. The van der Waals surface area contributed by atoms with Crippen molar-refractivity contribution >= 4 is 34.5 Å². The Bertz CT molecular complexity index is 759. The fourth-order valence-electron chi connectivity index (χ4n) is 2.88. The Morgan fingerprint density at radius 3 is 2.95 bits per heavy atom. The Hall–Kier alpha value is -1.43. The molecule has 6 heteroatoms. The lowest BCUT2D eigenvalue weighted by Crippen LogP contribution is -2.46. The van der Waals surface area contributed by atoms with Gasteiger partial charge in [-0.3, -0.25) is 4.79 Å². The van der Waals surface area contributed by atoms with Crippen LogP contribution in [0.3, 0.4) is 0 Å². The van der Waals surface area contributed by atoms with Gasteiger partial charge in [0.2, 0.25) is 5.91 Å². The number of carbonyl (C=O) groups excluding carboxylic acids is 1. The van der Waals surface area contributed by atoms with E-state index in [1.54, 1.807) is 29.4 Å². The molecule has 0 unspecified atom stereocenters. The van der Waals surface area contributed by atoms with E-state index >= 15 is 0 Å². The summed E-state index contributed by atoms with van der Waals surface area (Å²) >= 11 is 7.82. The standard InChI is InChI=1S/C16H16ClFN2OS/c1-8-11(6-9-5-10(18)3-4-12(9)17)15-14(22-8)7-13(19)16(21)20(15)2/h3-5,13H,6-7,19H2,1-2H3/t13-/m1/s1. The van der Waals surface area contributed by atoms with Crippen molar-refractivity contribution in [2.24, 2.45) is 5.73 Å². The zero-order valence-electron chi connectivity index (χ0n) is 12.3. The first-order chi connectivity index (χ1) is 10.4. The van der Waals surface area contributed by atoms with Crippen LogP contribution in [-0.2, 0) is 17.6 Å². The second-order valence-corrected chi connectivity index (χ2v) is 7.25. The highest BCUT2D eigenvalue weighted by molar-refractivity contribution is 7.12. The zero-order valence-corrected chi connectivity index (χ0v) is 13.9. The lowest BCUT2D eigenvalue weighted by molar-refractivity contribution is -0.119. The van der Waals surface area contributed by atoms with Crippen LogP contribution in [0.1, 0.15) is 20.9 Å². The Labute approximate surface area is 137 Å². The molecule has 1 amide bonds. The molecule has 0 saturated heterocycles. The number of rotatable bonds is 2. The highest BCUT2D eigenvalue weighted by atomic mass is 35.5. The first kappa shape index (κ1) is 15.5. The number of aryl methyl sites for hydroxylation is 1. The summed E-state index contributed by atoms with van der Waals surface area (Å²) < 4.78 is 13.5. The van der Waals surface area contributed by atoms with Crippen molar-refractivity contribution in [2.75, 3.05) is 11.9 Å². The maximum absolute atomic E-state index is 13.5. The van der Waals surface area contributed by atoms with Gasteiger partial charge in [-0.25, -0.2) is 4.39 Å². The van der Waals surface area contributed by atoms with E-state index in [0.717, 1.165) is 26.6 Å². The third-order valence-corrected chi connectivity index (χ3v) is 5.54. The molecule has 0 aliphatic carbocycles. The molecule has 2 heterocycles. The number of amides is 1. The van der Waals surface area contributed by atoms with Crippen LogP contribution in [0.5, 0.6) is 0 Å². The summed E-state index contributed by atoms with van der Waals surface area (Å²) in [6, 6.07) is 3.87. The van der Waals surface area contributed by atoms with Gasteiger partial charge in [0.05, 0.1) is 11.7 Å². The smallest absolute Gasteiger partial charge is 0.244 e. The fraction of sp³-hybridized carbons (Fsp3) is 0.312. The molecule has 1 aliphatic heterocycles. The van der Waals surface area contributed by atoms with Crippen molar-refractivity contribution in [3.05, 3.63) is 49.9 Å². The molecule has 1 aliphatic rings. The number of fused-ring (bicyclic) bond motifs is 1. The number of likely N-dealkylation sites (N-methyl/N-ethyl adjacent to an activating group) is 1. The lowest BCUT2D eigenvalue weighted by atomic mass is 9.98. The van der Waals surface area contributed by atoms with Crippen molar-refractivity contribution in [1.82, 2.24) is 0 Å². The van der Waals surface area contributed by atoms with E-state index in [9.17, 15) is 9.18 Å². The number of nitrogens with zero attached hydrogens (tertiary/aromatic N) is 1. The molecule has 2 aromatic rings. The van der Waals surface area contributed by atoms with E-state index in [1.807, 2.05) is 6.92 Å². The van der Waals surface area contributed by atoms with Gasteiger partial charge in [0.25, 0.3) is 0 Å². The Balaban J connectivity index is 2.06. The van der Waals surface area contributed by atoms with Gasteiger partial charge in [0.1, 0.15) is 5.82 Å². The Kier molecular flexibility index (Phi) is 3.97. The van der Waals surface area contributed by atoms with Crippen molar-refractivity contribution in [1.29, 1.82) is 0 Å². The number of thiophene rings is 1. The third-order valence-electron chi connectivity index (χ3n) is 4.01. The number of carbonyl (C=O) groups is 1. The van der Waals surface area contributed by atoms with Gasteiger partial charge in [-0.2, -0.15) is 0 Å². The molecule has 0 spiro atoms. The van der Waals surface area contributed by atoms with E-state index in [2.05, 4.69) is 0 Å². The van der Waals surface area contributed by atoms with Crippen molar-refractivity contribution in [3.8, 4) is 0 Å². The molecule has 1 aromatic heterocycles. The molecule has 3 nitrogen and oxygen atoms in total. The third kappa shape index (κ3) is 2.53. The van der Waals surface area contributed by atoms with Crippen molar-refractivity contribution < 1.29 is 9.18 Å². The molecule has 0 fully saturated rings. The van der Waals surface area contributed by atoms with Gasteiger partial charge in [0.15, 0.2) is 0 Å². The van der Waals surface area contributed by atoms with Crippen LogP contribution >= 0.6 is 22.9 Å². The van der Waals surface area contributed by atoms with E-state index < -0.39 is 6.04 Å². The molecule has 0 radical (unpaired) electrons. The largest absolute Gasteiger partial charge is 0.320 e. The maximum atomic E-state index is 13.5. The number of anilines is 1. The van der Waals surface area contributed by atoms with E-state index in [0.29, 0.717) is 17.9 Å². The van der Waals surface area contributed by atoms with Crippen LogP contribution in [0.25, 0.3) is 0 Å². The molecule has 0 saturated carbocycles. The second kappa shape index (κ2) is 5.65. The minimum Gasteiger partial charge on any atom is -0.320 e. The first-order valence-electron chi connectivity index (χ1n) is 6.96. The second-order valence-electron chi connectivity index (χ2n) is 5.53. The fourth-order valence-corrected chi connectivity index (χ4v) is 4.35. The number of benzene rings is 1. The van der Waals surface area contributed by atoms with Crippen LogP contribution < -0.4 is 10.6 Å². The maximum Gasteiger partial charge on any atom is 0.244 e. The number of halogens is 2. The number of hydrogen-bond acceptors (Lipinski definition) is 3. The first-order valence-corrected chi connectivity index (χ1v) is 8.16. The molecule has 116 valence electrons. The monoisotopic (exact) mass is 338 g/mol. The van der Waals surface area contributed by atoms with Gasteiger partial charge >= 0.3 is 0 Å². The predicted molar refractivity (Wildman–Crippen MR) is 88.4 cm³/mol. The van der Waals surface area contributed by atoms with E-state index in [4.69, 9.17) is 17.3 Å². The summed E-state index contributed by atoms with van der Waals surface area (Å²) in [7, 11) is 1.74. The molecule has 1 aromatic carbocycles. The summed E-state index contributed by atoms with van der Waals surface area (Å²) in [5.74, 6) is -0.399. The molecular weight excluding hydrogens is 323 g/mol. The summed E-state index contributed by atoms with van der Waals surface area (Å²) in [5.41, 5.74) is 8.54. The van der Waals surface area contributed by atoms with Crippen molar-refractivity contribution in [3.63, 3.8) is 0 Å². The minimum atomic E-state index is -0.485. The molecule has 2 N–H and O–H groups in total. The number of hydrogen-bond donors (Lipinski definition) is 1. The normalized spacial score (nSPS) is 17.8. The van der Waals surface area contributed by atoms with Gasteiger partial charge in [0, 0.05) is 34.7 Å². The number of nitrogens with two attached hydrogens (primary N) is 1. The summed E-state index contributed by atoms with van der Waals surface area (Å²) in [6.07, 6.45) is 1.06. The van der Waals surface area contributed by atoms with E-state index in [1.165, 1.54) is 12.1 Å². The average molecular weight is 339 g/mol. The Morgan fingerprint density at radius 2 is 2.23 bits per heavy atom. The lowest BCUT2D eigenvalue weighted by Gasteiger charge is -2.28. The summed E-state index contributed by atoms with van der Waals surface area (Å²) in [4.78, 5) is 16.0. The van der Waals surface area contributed by atoms with Gasteiger partial charge < -0.3 is 10.6 Å². The Morgan fingerprint density at radius 1 is 1.50 bits per heavy atom.